The number of pyridine rings is 1. The lowest BCUT2D eigenvalue weighted by Crippen LogP contribution is -2.43. The van der Waals surface area contributed by atoms with Gasteiger partial charge < -0.3 is 10.4 Å². The van der Waals surface area contributed by atoms with Gasteiger partial charge >= 0.3 is 5.97 Å². The maximum atomic E-state index is 13.0. The molecule has 0 atom stereocenters. The number of rotatable bonds is 6. The molecule has 1 aliphatic carbocycles. The first-order valence-corrected chi connectivity index (χ1v) is 9.85. The second kappa shape index (κ2) is 7.52. The fraction of sp³-hybridized carbons (Fsp3) is 0.238. The lowest BCUT2D eigenvalue weighted by Gasteiger charge is -2.25. The van der Waals surface area contributed by atoms with Crippen molar-refractivity contribution in [1.82, 2.24) is 15.3 Å². The van der Waals surface area contributed by atoms with Gasteiger partial charge in [0.1, 0.15) is 5.01 Å². The molecular weight excluding hydrogens is 374 g/mol. The third kappa shape index (κ3) is 3.66. The molecule has 0 unspecified atom stereocenters. The Hall–Kier alpha value is -3.06. The zero-order valence-corrected chi connectivity index (χ0v) is 15.9. The molecule has 0 fully saturated rings. The van der Waals surface area contributed by atoms with Gasteiger partial charge in [-0.25, -0.2) is 4.98 Å². The number of benzene rings is 1. The highest BCUT2D eigenvalue weighted by Gasteiger charge is 2.45. The Balaban J connectivity index is 1.47. The quantitative estimate of drug-likeness (QED) is 0.671. The summed E-state index contributed by atoms with van der Waals surface area (Å²) in [4.78, 5) is 33.1. The van der Waals surface area contributed by atoms with Crippen molar-refractivity contribution in [1.29, 1.82) is 0 Å². The Bertz CT molecular complexity index is 991. The third-order valence-electron chi connectivity index (χ3n) is 5.06. The van der Waals surface area contributed by atoms with Crippen molar-refractivity contribution in [3.63, 3.8) is 0 Å². The van der Waals surface area contributed by atoms with Crippen LogP contribution in [0.3, 0.4) is 0 Å². The molecule has 28 heavy (non-hydrogen) atoms. The van der Waals surface area contributed by atoms with Crippen molar-refractivity contribution >= 4 is 23.2 Å². The topological polar surface area (TPSA) is 92.2 Å². The summed E-state index contributed by atoms with van der Waals surface area (Å²) in [6, 6.07) is 11.6. The van der Waals surface area contributed by atoms with E-state index >= 15 is 0 Å². The lowest BCUT2D eigenvalue weighted by molar-refractivity contribution is -0.145. The number of aromatic nitrogens is 2. The van der Waals surface area contributed by atoms with E-state index in [1.54, 1.807) is 12.4 Å². The predicted octanol–water partition coefficient (Wildman–Crippen LogP) is 3.08. The highest BCUT2D eigenvalue weighted by molar-refractivity contribution is 7.09. The lowest BCUT2D eigenvalue weighted by atomic mass is 9.80. The normalized spacial score (nSPS) is 14.4. The molecule has 142 valence electrons. The summed E-state index contributed by atoms with van der Waals surface area (Å²) in [6.07, 6.45) is 4.15. The molecule has 7 heteroatoms. The number of carboxylic acids is 1. The van der Waals surface area contributed by atoms with Crippen LogP contribution in [-0.4, -0.2) is 27.0 Å². The van der Waals surface area contributed by atoms with E-state index in [4.69, 9.17) is 0 Å². The summed E-state index contributed by atoms with van der Waals surface area (Å²) in [6.45, 7) is 0.279. The molecule has 1 aliphatic rings. The van der Waals surface area contributed by atoms with E-state index in [0.29, 0.717) is 12.8 Å². The molecule has 0 aliphatic heterocycles. The number of amides is 1. The summed E-state index contributed by atoms with van der Waals surface area (Å²) < 4.78 is 0. The van der Waals surface area contributed by atoms with Gasteiger partial charge in [-0.1, -0.05) is 24.3 Å². The van der Waals surface area contributed by atoms with Crippen LogP contribution in [-0.2, 0) is 29.0 Å². The number of carbonyl (C=O) groups excluding carboxylic acids is 1. The highest BCUT2D eigenvalue weighted by atomic mass is 32.1. The average molecular weight is 393 g/mol. The van der Waals surface area contributed by atoms with Crippen LogP contribution in [0.15, 0.2) is 54.2 Å². The van der Waals surface area contributed by atoms with Crippen LogP contribution in [0, 0.1) is 5.41 Å². The van der Waals surface area contributed by atoms with Crippen LogP contribution in [0.25, 0.3) is 11.3 Å². The number of hydrogen-bond acceptors (Lipinski definition) is 5. The Kier molecular flexibility index (Phi) is 4.92. The maximum Gasteiger partial charge on any atom is 0.304 e. The monoisotopic (exact) mass is 393 g/mol. The summed E-state index contributed by atoms with van der Waals surface area (Å²) in [7, 11) is 0. The van der Waals surface area contributed by atoms with Crippen molar-refractivity contribution in [3.05, 3.63) is 70.3 Å². The minimum atomic E-state index is -0.962. The molecule has 2 heterocycles. The molecule has 4 rings (SSSR count). The minimum Gasteiger partial charge on any atom is -0.481 e. The van der Waals surface area contributed by atoms with E-state index < -0.39 is 11.4 Å². The fourth-order valence-electron chi connectivity index (χ4n) is 3.73. The predicted molar refractivity (Wildman–Crippen MR) is 106 cm³/mol. The number of carboxylic acid groups (broad SMARTS) is 1. The van der Waals surface area contributed by atoms with Crippen molar-refractivity contribution in [2.24, 2.45) is 5.41 Å². The molecule has 0 bridgehead atoms. The van der Waals surface area contributed by atoms with Crippen molar-refractivity contribution in [3.8, 4) is 11.3 Å². The number of thiazole rings is 1. The molecule has 3 aromatic rings. The molecular formula is C21H19N3O3S. The second-order valence-electron chi connectivity index (χ2n) is 7.02. The van der Waals surface area contributed by atoms with E-state index in [1.807, 2.05) is 41.8 Å². The van der Waals surface area contributed by atoms with Crippen molar-refractivity contribution in [2.75, 3.05) is 0 Å². The van der Waals surface area contributed by atoms with Crippen LogP contribution in [0.1, 0.15) is 22.6 Å². The maximum absolute atomic E-state index is 13.0. The largest absolute Gasteiger partial charge is 0.481 e. The smallest absolute Gasteiger partial charge is 0.304 e. The summed E-state index contributed by atoms with van der Waals surface area (Å²) >= 11 is 1.46. The standard InChI is InChI=1S/C21H19N3O3S/c25-19(26)10-21(8-14-4-1-2-5-15(14)9-21)20(27)23-12-18-24-17(13-28-18)16-6-3-7-22-11-16/h1-7,11,13H,8-10,12H2,(H,23,27)(H,25,26). The van der Waals surface area contributed by atoms with Gasteiger partial charge in [0.2, 0.25) is 5.91 Å². The van der Waals surface area contributed by atoms with E-state index in [0.717, 1.165) is 27.4 Å². The number of aliphatic carboxylic acids is 1. The molecule has 1 amide bonds. The van der Waals surface area contributed by atoms with Gasteiger partial charge in [-0.2, -0.15) is 0 Å². The SMILES string of the molecule is O=C(O)CC1(C(=O)NCc2nc(-c3cccnc3)cs2)Cc2ccccc2C1. The zero-order valence-electron chi connectivity index (χ0n) is 15.1. The van der Waals surface area contributed by atoms with Gasteiger partial charge in [0.15, 0.2) is 0 Å². The number of carbonyl (C=O) groups is 2. The first kappa shape index (κ1) is 18.3. The molecule has 0 saturated carbocycles. The van der Waals surface area contributed by atoms with E-state index in [2.05, 4.69) is 15.3 Å². The molecule has 2 N–H and O–H groups in total. The molecule has 0 saturated heterocycles. The average Bonchev–Trinajstić information content (AvgIpc) is 3.31. The number of nitrogens with zero attached hydrogens (tertiary/aromatic N) is 2. The van der Waals surface area contributed by atoms with E-state index in [9.17, 15) is 14.7 Å². The minimum absolute atomic E-state index is 0.188. The van der Waals surface area contributed by atoms with Gasteiger partial charge in [0, 0.05) is 23.3 Å². The molecule has 0 radical (unpaired) electrons. The molecule has 2 aromatic heterocycles. The van der Waals surface area contributed by atoms with Crippen molar-refractivity contribution in [2.45, 2.75) is 25.8 Å². The highest BCUT2D eigenvalue weighted by Crippen LogP contribution is 2.40. The molecule has 0 spiro atoms. The summed E-state index contributed by atoms with van der Waals surface area (Å²) in [5.74, 6) is -1.19. The summed E-state index contributed by atoms with van der Waals surface area (Å²) in [5, 5.41) is 15.0. The van der Waals surface area contributed by atoms with Crippen LogP contribution in [0.2, 0.25) is 0 Å². The zero-order chi connectivity index (χ0) is 19.6. The fourth-order valence-corrected chi connectivity index (χ4v) is 4.47. The van der Waals surface area contributed by atoms with Gasteiger partial charge in [0.25, 0.3) is 0 Å². The van der Waals surface area contributed by atoms with Gasteiger partial charge in [-0.15, -0.1) is 11.3 Å². The molecule has 1 aromatic carbocycles. The Morgan fingerprint density at radius 2 is 1.89 bits per heavy atom. The number of nitrogens with one attached hydrogen (secondary N) is 1. The van der Waals surface area contributed by atoms with Gasteiger partial charge in [0.05, 0.1) is 24.1 Å². The van der Waals surface area contributed by atoms with Crippen LogP contribution >= 0.6 is 11.3 Å². The summed E-state index contributed by atoms with van der Waals surface area (Å²) in [5.41, 5.74) is 2.89. The van der Waals surface area contributed by atoms with E-state index in [1.165, 1.54) is 11.3 Å². The number of fused-ring (bicyclic) bond motifs is 1. The molecule has 6 nitrogen and oxygen atoms in total. The van der Waals surface area contributed by atoms with Crippen LogP contribution in [0.5, 0.6) is 0 Å². The van der Waals surface area contributed by atoms with E-state index in [-0.39, 0.29) is 18.9 Å². The Labute approximate surface area is 166 Å². The Morgan fingerprint density at radius 3 is 2.54 bits per heavy atom. The van der Waals surface area contributed by atoms with Crippen LogP contribution in [0.4, 0.5) is 0 Å². The van der Waals surface area contributed by atoms with Gasteiger partial charge in [-0.05, 0) is 36.1 Å². The third-order valence-corrected chi connectivity index (χ3v) is 5.91. The second-order valence-corrected chi connectivity index (χ2v) is 7.97. The first-order valence-electron chi connectivity index (χ1n) is 8.97. The number of hydrogen-bond donors (Lipinski definition) is 2. The van der Waals surface area contributed by atoms with Crippen molar-refractivity contribution < 1.29 is 14.7 Å². The first-order chi connectivity index (χ1) is 13.6. The Morgan fingerprint density at radius 1 is 1.14 bits per heavy atom. The van der Waals surface area contributed by atoms with Gasteiger partial charge in [-0.3, -0.25) is 14.6 Å². The van der Waals surface area contributed by atoms with Crippen LogP contribution < -0.4 is 5.32 Å².